The normalized spacial score (nSPS) is 14.5. The smallest absolute Gasteiger partial charge is 0.216 e. The second kappa shape index (κ2) is 9.76. The number of hydrogen-bond donors (Lipinski definition) is 0. The van der Waals surface area contributed by atoms with Gasteiger partial charge in [0, 0.05) is 17.5 Å². The fourth-order valence-corrected chi connectivity index (χ4v) is 5.05. The number of fused-ring (bicyclic) bond motifs is 2. The Morgan fingerprint density at radius 2 is 2.09 bits per heavy atom. The maximum Gasteiger partial charge on any atom is 0.216 e. The van der Waals surface area contributed by atoms with Gasteiger partial charge in [0.1, 0.15) is 18.4 Å². The van der Waals surface area contributed by atoms with Gasteiger partial charge < -0.3 is 9.64 Å². The van der Waals surface area contributed by atoms with E-state index in [-0.39, 0.29) is 0 Å². The lowest BCUT2D eigenvalue weighted by molar-refractivity contribution is -0.667. The molecule has 0 atom stereocenters. The summed E-state index contributed by atoms with van der Waals surface area (Å²) in [6, 6.07) is 18.9. The summed E-state index contributed by atoms with van der Waals surface area (Å²) >= 11 is 1.65. The number of benzene rings is 2. The summed E-state index contributed by atoms with van der Waals surface area (Å²) in [7, 11) is 1.68. The van der Waals surface area contributed by atoms with Gasteiger partial charge in [-0.2, -0.15) is 9.83 Å². The summed E-state index contributed by atoms with van der Waals surface area (Å²) in [5.41, 5.74) is 3.98. The van der Waals surface area contributed by atoms with Crippen molar-refractivity contribution < 1.29 is 9.30 Å². The molecule has 4 nitrogen and oxygen atoms in total. The summed E-state index contributed by atoms with van der Waals surface area (Å²) in [5, 5.41) is 12.1. The standard InChI is InChI=1S/C27H26N3OS/c1-4-6-16-30-24-9-7-8-10-26(24)32-27(30)21(19-28)12-11-20-15-17-29(5-2)25-18-22(31-3)13-14-23(20)25/h4,7-15,17-18H,1,5-6,16H2,2-3H3/q+1. The van der Waals surface area contributed by atoms with Crippen LogP contribution in [0, 0.1) is 11.3 Å². The molecule has 1 aliphatic rings. The highest BCUT2D eigenvalue weighted by Gasteiger charge is 2.26. The van der Waals surface area contributed by atoms with Crippen molar-refractivity contribution in [3.63, 3.8) is 0 Å². The second-order valence-electron chi connectivity index (χ2n) is 7.40. The number of nitriles is 1. The number of nitrogens with zero attached hydrogens (tertiary/aromatic N) is 3. The van der Waals surface area contributed by atoms with E-state index in [2.05, 4.69) is 65.6 Å². The Hall–Kier alpha value is -3.49. The summed E-state index contributed by atoms with van der Waals surface area (Å²) in [6.07, 6.45) is 8.82. The maximum absolute atomic E-state index is 10.0. The molecule has 160 valence electrons. The Kier molecular flexibility index (Phi) is 6.63. The second-order valence-corrected chi connectivity index (χ2v) is 8.43. The number of aryl methyl sites for hydroxylation is 1. The zero-order chi connectivity index (χ0) is 22.5. The Bertz CT molecular complexity index is 1270. The molecule has 0 aliphatic carbocycles. The van der Waals surface area contributed by atoms with E-state index in [1.165, 1.54) is 4.90 Å². The minimum absolute atomic E-state index is 0.657. The summed E-state index contributed by atoms with van der Waals surface area (Å²) < 4.78 is 7.62. The SMILES string of the molecule is C=CCCN1C(=C(C#N)C=Cc2cc[n+](CC)c3cc(OC)ccc23)Sc2ccccc21. The van der Waals surface area contributed by atoms with Crippen molar-refractivity contribution in [1.82, 2.24) is 0 Å². The number of allylic oxidation sites excluding steroid dienone is 2. The molecule has 2 aromatic carbocycles. The number of methoxy groups -OCH3 is 1. The molecule has 0 spiro atoms. The molecule has 0 saturated heterocycles. The number of thioether (sulfide) groups is 1. The van der Waals surface area contributed by atoms with Crippen LogP contribution in [0.1, 0.15) is 18.9 Å². The van der Waals surface area contributed by atoms with Crippen molar-refractivity contribution in [2.75, 3.05) is 18.6 Å². The number of pyridine rings is 1. The maximum atomic E-state index is 10.0. The molecule has 0 fully saturated rings. The molecule has 32 heavy (non-hydrogen) atoms. The minimum atomic E-state index is 0.657. The average Bonchev–Trinajstić information content (AvgIpc) is 3.20. The van der Waals surface area contributed by atoms with Gasteiger partial charge in [0.15, 0.2) is 6.20 Å². The third-order valence-corrected chi connectivity index (χ3v) is 6.74. The molecule has 4 rings (SSSR count). The molecule has 2 heterocycles. The van der Waals surface area contributed by atoms with Gasteiger partial charge >= 0.3 is 0 Å². The average molecular weight is 441 g/mol. The molecule has 0 saturated carbocycles. The first-order chi connectivity index (χ1) is 15.7. The van der Waals surface area contributed by atoms with E-state index in [9.17, 15) is 5.26 Å². The van der Waals surface area contributed by atoms with E-state index >= 15 is 0 Å². The highest BCUT2D eigenvalue weighted by atomic mass is 32.2. The number of para-hydroxylation sites is 1. The Morgan fingerprint density at radius 1 is 1.25 bits per heavy atom. The molecule has 1 aliphatic heterocycles. The summed E-state index contributed by atoms with van der Waals surface area (Å²) in [6.45, 7) is 7.65. The molecule has 0 unspecified atom stereocenters. The number of rotatable bonds is 7. The first kappa shape index (κ1) is 21.7. The zero-order valence-electron chi connectivity index (χ0n) is 18.4. The van der Waals surface area contributed by atoms with E-state index in [1.807, 2.05) is 36.4 Å². The summed E-state index contributed by atoms with van der Waals surface area (Å²) in [5.74, 6) is 0.832. The van der Waals surface area contributed by atoms with E-state index in [4.69, 9.17) is 4.74 Å². The van der Waals surface area contributed by atoms with Crippen molar-refractivity contribution in [3.8, 4) is 11.8 Å². The molecular weight excluding hydrogens is 414 g/mol. The van der Waals surface area contributed by atoms with Gasteiger partial charge in [-0.25, -0.2) is 0 Å². The molecule has 0 bridgehead atoms. The molecule has 3 aromatic rings. The highest BCUT2D eigenvalue weighted by Crippen LogP contribution is 2.47. The van der Waals surface area contributed by atoms with Gasteiger partial charge in [-0.15, -0.1) is 6.58 Å². The quantitative estimate of drug-likeness (QED) is 0.253. The predicted octanol–water partition coefficient (Wildman–Crippen LogP) is 6.09. The molecule has 5 heteroatoms. The number of hydrogen-bond acceptors (Lipinski definition) is 4. The molecular formula is C27H26N3OS+. The van der Waals surface area contributed by atoms with Crippen LogP contribution in [0.4, 0.5) is 5.69 Å². The molecule has 0 N–H and O–H groups in total. The van der Waals surface area contributed by atoms with Crippen LogP contribution in [0.5, 0.6) is 5.75 Å². The van der Waals surface area contributed by atoms with Crippen LogP contribution in [0.25, 0.3) is 17.0 Å². The summed E-state index contributed by atoms with van der Waals surface area (Å²) in [4.78, 5) is 3.40. The van der Waals surface area contributed by atoms with Crippen LogP contribution in [-0.4, -0.2) is 13.7 Å². The van der Waals surface area contributed by atoms with E-state index < -0.39 is 0 Å². The van der Waals surface area contributed by atoms with Crippen LogP contribution in [0.2, 0.25) is 0 Å². The topological polar surface area (TPSA) is 40.1 Å². The first-order valence-electron chi connectivity index (χ1n) is 10.7. The van der Waals surface area contributed by atoms with Crippen molar-refractivity contribution in [1.29, 1.82) is 5.26 Å². The van der Waals surface area contributed by atoms with Crippen LogP contribution in [0.3, 0.4) is 0 Å². The first-order valence-corrected chi connectivity index (χ1v) is 11.5. The van der Waals surface area contributed by atoms with Crippen LogP contribution >= 0.6 is 11.8 Å². The third kappa shape index (κ3) is 4.15. The van der Waals surface area contributed by atoms with E-state index in [1.54, 1.807) is 18.9 Å². The van der Waals surface area contributed by atoms with E-state index in [0.717, 1.165) is 52.4 Å². The van der Waals surface area contributed by atoms with Crippen molar-refractivity contribution >= 4 is 34.4 Å². The lowest BCUT2D eigenvalue weighted by Gasteiger charge is -2.20. The fourth-order valence-electron chi connectivity index (χ4n) is 3.89. The minimum Gasteiger partial charge on any atom is -0.497 e. The van der Waals surface area contributed by atoms with Crippen molar-refractivity contribution in [3.05, 3.63) is 89.6 Å². The lowest BCUT2D eigenvalue weighted by atomic mass is 10.1. The van der Waals surface area contributed by atoms with Gasteiger partial charge in [-0.1, -0.05) is 36.0 Å². The zero-order valence-corrected chi connectivity index (χ0v) is 19.2. The Morgan fingerprint density at radius 3 is 2.84 bits per heavy atom. The molecule has 0 amide bonds. The number of ether oxygens (including phenoxy) is 1. The molecule has 0 radical (unpaired) electrons. The van der Waals surface area contributed by atoms with Gasteiger partial charge in [0.05, 0.1) is 34.9 Å². The van der Waals surface area contributed by atoms with Gasteiger partial charge in [-0.05, 0) is 49.2 Å². The largest absolute Gasteiger partial charge is 0.497 e. The monoisotopic (exact) mass is 440 g/mol. The lowest BCUT2D eigenvalue weighted by Crippen LogP contribution is -2.32. The Balaban J connectivity index is 1.76. The predicted molar refractivity (Wildman–Crippen MR) is 133 cm³/mol. The van der Waals surface area contributed by atoms with Crippen LogP contribution in [-0.2, 0) is 6.54 Å². The van der Waals surface area contributed by atoms with Crippen molar-refractivity contribution in [2.24, 2.45) is 0 Å². The number of anilines is 1. The van der Waals surface area contributed by atoms with Gasteiger partial charge in [0.25, 0.3) is 0 Å². The van der Waals surface area contributed by atoms with Crippen molar-refractivity contribution in [2.45, 2.75) is 24.8 Å². The fraction of sp³-hybridized carbons (Fsp3) is 0.185. The number of aromatic nitrogens is 1. The third-order valence-electron chi connectivity index (χ3n) is 5.55. The van der Waals surface area contributed by atoms with Gasteiger partial charge in [0.2, 0.25) is 5.52 Å². The van der Waals surface area contributed by atoms with Crippen LogP contribution in [0.15, 0.2) is 89.0 Å². The van der Waals surface area contributed by atoms with Crippen LogP contribution < -0.4 is 14.2 Å². The van der Waals surface area contributed by atoms with Gasteiger partial charge in [-0.3, -0.25) is 0 Å². The highest BCUT2D eigenvalue weighted by molar-refractivity contribution is 8.03. The Labute approximate surface area is 193 Å². The molecule has 1 aromatic heterocycles. The van der Waals surface area contributed by atoms with E-state index in [0.29, 0.717) is 5.57 Å².